The maximum absolute atomic E-state index is 6.18. The minimum atomic E-state index is 0.795. The Balaban J connectivity index is 0.980. The van der Waals surface area contributed by atoms with Crippen molar-refractivity contribution in [1.82, 2.24) is 9.55 Å². The number of para-hydroxylation sites is 2. The molecule has 0 saturated heterocycles. The Labute approximate surface area is 340 Å². The van der Waals surface area contributed by atoms with Crippen LogP contribution < -0.4 is 4.90 Å². The molecule has 3 aromatic heterocycles. The van der Waals surface area contributed by atoms with Crippen molar-refractivity contribution in [1.29, 1.82) is 0 Å². The second-order valence-corrected chi connectivity index (χ2v) is 15.2. The maximum Gasteiger partial charge on any atom is 0.153 e. The molecule has 0 bridgehead atoms. The van der Waals surface area contributed by atoms with Crippen LogP contribution in [0.3, 0.4) is 0 Å². The average molecular weight is 754 g/mol. The third-order valence-corrected chi connectivity index (χ3v) is 11.8. The molecule has 0 unspecified atom stereocenters. The molecule has 4 nitrogen and oxygen atoms in total. The summed E-state index contributed by atoms with van der Waals surface area (Å²) in [6.07, 6.45) is 1.83. The minimum Gasteiger partial charge on any atom is -0.454 e. The van der Waals surface area contributed by atoms with Crippen LogP contribution in [0.4, 0.5) is 17.1 Å². The Morgan fingerprint density at radius 2 is 1.02 bits per heavy atom. The summed E-state index contributed by atoms with van der Waals surface area (Å²) in [5, 5.41) is 8.39. The van der Waals surface area contributed by atoms with Gasteiger partial charge in [0.15, 0.2) is 5.58 Å². The standard InChI is InChI=1S/C55H35N3O/c1-2-12-39-34-44(31-24-36(39)11-1)57(43-29-25-38(26-30-43)46-17-9-20-52-54(46)55-53(59-52)21-10-32-56-55)42-27-22-37(23-28-42)41-33-40-13-3-4-14-45(40)51(35-41)58-49-18-7-5-15-47(49)48-16-6-8-19-50(48)58/h1-35H. The first-order chi connectivity index (χ1) is 29.2. The van der Waals surface area contributed by atoms with Gasteiger partial charge >= 0.3 is 0 Å². The first-order valence-corrected chi connectivity index (χ1v) is 20.0. The predicted molar refractivity (Wildman–Crippen MR) is 246 cm³/mol. The molecular formula is C55H35N3O. The van der Waals surface area contributed by atoms with Gasteiger partial charge in [0.05, 0.1) is 22.1 Å². The van der Waals surface area contributed by atoms with E-state index < -0.39 is 0 Å². The monoisotopic (exact) mass is 753 g/mol. The molecule has 0 saturated carbocycles. The van der Waals surface area contributed by atoms with E-state index in [1.165, 1.54) is 54.6 Å². The summed E-state index contributed by atoms with van der Waals surface area (Å²) in [6, 6.07) is 74.1. The van der Waals surface area contributed by atoms with Crippen LogP contribution in [0.2, 0.25) is 0 Å². The number of anilines is 3. The van der Waals surface area contributed by atoms with Crippen molar-refractivity contribution in [3.63, 3.8) is 0 Å². The van der Waals surface area contributed by atoms with Gasteiger partial charge < -0.3 is 13.9 Å². The number of rotatable bonds is 6. The van der Waals surface area contributed by atoms with Crippen LogP contribution >= 0.6 is 0 Å². The summed E-state index contributed by atoms with van der Waals surface area (Å²) in [5.74, 6) is 0. The first kappa shape index (κ1) is 33.2. The second kappa shape index (κ2) is 13.3. The highest BCUT2D eigenvalue weighted by molar-refractivity contribution is 6.12. The van der Waals surface area contributed by atoms with E-state index in [1.54, 1.807) is 0 Å². The van der Waals surface area contributed by atoms with Crippen LogP contribution in [0.5, 0.6) is 0 Å². The fourth-order valence-corrected chi connectivity index (χ4v) is 9.06. The average Bonchev–Trinajstić information content (AvgIpc) is 3.85. The highest BCUT2D eigenvalue weighted by atomic mass is 16.3. The van der Waals surface area contributed by atoms with Gasteiger partial charge in [0, 0.05) is 39.4 Å². The quantitative estimate of drug-likeness (QED) is 0.170. The van der Waals surface area contributed by atoms with E-state index in [0.29, 0.717) is 0 Å². The van der Waals surface area contributed by atoms with E-state index >= 15 is 0 Å². The van der Waals surface area contributed by atoms with Gasteiger partial charge in [0.2, 0.25) is 0 Å². The summed E-state index contributed by atoms with van der Waals surface area (Å²) in [7, 11) is 0. The van der Waals surface area contributed by atoms with Gasteiger partial charge in [-0.3, -0.25) is 4.98 Å². The maximum atomic E-state index is 6.18. The zero-order valence-electron chi connectivity index (χ0n) is 32.0. The van der Waals surface area contributed by atoms with Gasteiger partial charge in [-0.05, 0) is 117 Å². The van der Waals surface area contributed by atoms with E-state index in [9.17, 15) is 0 Å². The Morgan fingerprint density at radius 1 is 0.407 bits per heavy atom. The predicted octanol–water partition coefficient (Wildman–Crippen LogP) is 15.2. The summed E-state index contributed by atoms with van der Waals surface area (Å²) in [6.45, 7) is 0. The lowest BCUT2D eigenvalue weighted by atomic mass is 9.98. The number of furan rings is 1. The molecule has 9 aromatic carbocycles. The summed E-state index contributed by atoms with van der Waals surface area (Å²) in [5.41, 5.74) is 13.9. The molecule has 0 aliphatic heterocycles. The van der Waals surface area contributed by atoms with Gasteiger partial charge in [-0.2, -0.15) is 0 Å². The topological polar surface area (TPSA) is 34.2 Å². The molecule has 12 rings (SSSR count). The highest BCUT2D eigenvalue weighted by Gasteiger charge is 2.18. The third kappa shape index (κ3) is 5.42. The van der Waals surface area contributed by atoms with Gasteiger partial charge in [-0.1, -0.05) is 127 Å². The first-order valence-electron chi connectivity index (χ1n) is 20.0. The molecule has 3 heterocycles. The molecule has 0 spiro atoms. The molecule has 0 radical (unpaired) electrons. The molecule has 0 aliphatic carbocycles. The fourth-order valence-electron chi connectivity index (χ4n) is 9.06. The van der Waals surface area contributed by atoms with Crippen molar-refractivity contribution in [3.8, 4) is 27.9 Å². The van der Waals surface area contributed by atoms with E-state index in [4.69, 9.17) is 4.42 Å². The Hall–Kier alpha value is -7.95. The van der Waals surface area contributed by atoms with E-state index in [0.717, 1.165) is 55.8 Å². The van der Waals surface area contributed by atoms with E-state index in [2.05, 4.69) is 203 Å². The number of aromatic nitrogens is 2. The number of hydrogen-bond acceptors (Lipinski definition) is 3. The van der Waals surface area contributed by atoms with Gasteiger partial charge in [0.25, 0.3) is 0 Å². The van der Waals surface area contributed by atoms with Crippen molar-refractivity contribution in [2.24, 2.45) is 0 Å². The Kier molecular flexibility index (Phi) is 7.50. The molecule has 0 aliphatic rings. The van der Waals surface area contributed by atoms with Gasteiger partial charge in [-0.15, -0.1) is 0 Å². The van der Waals surface area contributed by atoms with Crippen LogP contribution in [-0.4, -0.2) is 9.55 Å². The smallest absolute Gasteiger partial charge is 0.153 e. The number of nitrogens with zero attached hydrogens (tertiary/aromatic N) is 3. The zero-order valence-corrected chi connectivity index (χ0v) is 32.0. The lowest BCUT2D eigenvalue weighted by Crippen LogP contribution is -2.09. The third-order valence-electron chi connectivity index (χ3n) is 11.8. The molecular weight excluding hydrogens is 719 g/mol. The van der Waals surface area contributed by atoms with Crippen LogP contribution in [0.25, 0.3) is 93.4 Å². The Morgan fingerprint density at radius 3 is 1.76 bits per heavy atom. The van der Waals surface area contributed by atoms with Crippen molar-refractivity contribution in [2.45, 2.75) is 0 Å². The van der Waals surface area contributed by atoms with E-state index in [1.807, 2.05) is 24.4 Å². The van der Waals surface area contributed by atoms with Crippen molar-refractivity contribution in [3.05, 3.63) is 212 Å². The van der Waals surface area contributed by atoms with Crippen LogP contribution in [0, 0.1) is 0 Å². The van der Waals surface area contributed by atoms with E-state index in [-0.39, 0.29) is 0 Å². The lowest BCUT2D eigenvalue weighted by Gasteiger charge is -2.26. The number of fused-ring (bicyclic) bond motifs is 8. The molecule has 0 N–H and O–H groups in total. The number of pyridine rings is 1. The molecule has 4 heteroatoms. The summed E-state index contributed by atoms with van der Waals surface area (Å²) < 4.78 is 8.61. The molecule has 0 atom stereocenters. The number of benzene rings is 9. The van der Waals surface area contributed by atoms with Gasteiger partial charge in [0.1, 0.15) is 11.1 Å². The lowest BCUT2D eigenvalue weighted by molar-refractivity contribution is 0.668. The fraction of sp³-hybridized carbons (Fsp3) is 0. The Bertz CT molecular complexity index is 3510. The van der Waals surface area contributed by atoms with Crippen molar-refractivity contribution >= 4 is 82.5 Å². The van der Waals surface area contributed by atoms with Crippen molar-refractivity contribution in [2.75, 3.05) is 4.90 Å². The molecule has 0 fully saturated rings. The van der Waals surface area contributed by atoms with Crippen molar-refractivity contribution < 1.29 is 4.42 Å². The van der Waals surface area contributed by atoms with Crippen LogP contribution in [0.1, 0.15) is 0 Å². The zero-order chi connectivity index (χ0) is 38.9. The second-order valence-electron chi connectivity index (χ2n) is 15.2. The molecule has 59 heavy (non-hydrogen) atoms. The summed E-state index contributed by atoms with van der Waals surface area (Å²) >= 11 is 0. The van der Waals surface area contributed by atoms with Crippen LogP contribution in [0.15, 0.2) is 217 Å². The SMILES string of the molecule is c1ccc2cc(N(c3ccc(-c4cc(-n5c6ccccc6c6ccccc65)c5ccccc5c4)cc3)c3ccc(-c4cccc5oc6cccnc6c45)cc3)ccc2c1. The number of hydrogen-bond donors (Lipinski definition) is 0. The van der Waals surface area contributed by atoms with Gasteiger partial charge in [-0.25, -0.2) is 0 Å². The molecule has 276 valence electrons. The largest absolute Gasteiger partial charge is 0.454 e. The summed E-state index contributed by atoms with van der Waals surface area (Å²) in [4.78, 5) is 7.03. The normalized spacial score (nSPS) is 11.7. The molecule has 0 amide bonds. The minimum absolute atomic E-state index is 0.795. The molecule has 12 aromatic rings. The van der Waals surface area contributed by atoms with Crippen LogP contribution in [-0.2, 0) is 0 Å². The highest BCUT2D eigenvalue weighted by Crippen LogP contribution is 2.42.